The lowest BCUT2D eigenvalue weighted by Gasteiger charge is -1.94. The van der Waals surface area contributed by atoms with Gasteiger partial charge < -0.3 is 0 Å². The van der Waals surface area contributed by atoms with E-state index in [-0.39, 0.29) is 0 Å². The first-order chi connectivity index (χ1) is 3.12. The van der Waals surface area contributed by atoms with Crippen molar-refractivity contribution in [2.75, 3.05) is 0 Å². The van der Waals surface area contributed by atoms with Gasteiger partial charge in [0.1, 0.15) is 0 Å². The van der Waals surface area contributed by atoms with E-state index in [1.807, 2.05) is 0 Å². The molecule has 0 aromatic rings. The van der Waals surface area contributed by atoms with Crippen LogP contribution in [0.5, 0.6) is 0 Å². The molecule has 0 fully saturated rings. The van der Waals surface area contributed by atoms with Crippen molar-refractivity contribution in [1.82, 2.24) is 0 Å². The smallest absolute Gasteiger partial charge is 0.194 e. The molecule has 0 aliphatic carbocycles. The van der Waals surface area contributed by atoms with Crippen molar-refractivity contribution in [3.05, 3.63) is 0 Å². The van der Waals surface area contributed by atoms with Crippen molar-refractivity contribution in [1.29, 1.82) is 10.5 Å². The maximum Gasteiger partial charge on any atom is 0.194 e. The molecule has 0 aromatic carbocycles. The lowest BCUT2D eigenvalue weighted by molar-refractivity contribution is 1.06. The summed E-state index contributed by atoms with van der Waals surface area (Å²) in [4.78, 5) is 0. The van der Waals surface area contributed by atoms with E-state index < -0.39 is 4.32 Å². The van der Waals surface area contributed by atoms with Crippen LogP contribution >= 0.6 is 15.9 Å². The van der Waals surface area contributed by atoms with Gasteiger partial charge in [-0.25, -0.2) is 0 Å². The average Bonchev–Trinajstić information content (AvgIpc) is 1.68. The van der Waals surface area contributed by atoms with Gasteiger partial charge in [-0.15, -0.1) is 0 Å². The molecule has 0 radical (unpaired) electrons. The van der Waals surface area contributed by atoms with Crippen molar-refractivity contribution < 1.29 is 0 Å². The average molecular weight is 159 g/mol. The van der Waals surface area contributed by atoms with Crippen LogP contribution in [0.25, 0.3) is 0 Å². The van der Waals surface area contributed by atoms with E-state index in [1.165, 1.54) is 6.92 Å². The zero-order chi connectivity index (χ0) is 5.91. The summed E-state index contributed by atoms with van der Waals surface area (Å²) < 4.78 is -0.993. The summed E-state index contributed by atoms with van der Waals surface area (Å²) in [5, 5.41) is 16.1. The van der Waals surface area contributed by atoms with E-state index in [9.17, 15) is 0 Å². The lowest BCUT2D eigenvalue weighted by Crippen LogP contribution is -2.06. The molecule has 0 saturated carbocycles. The summed E-state index contributed by atoms with van der Waals surface area (Å²) in [5.74, 6) is 0. The van der Waals surface area contributed by atoms with Crippen molar-refractivity contribution in [3.8, 4) is 12.1 Å². The van der Waals surface area contributed by atoms with Crippen molar-refractivity contribution in [2.24, 2.45) is 0 Å². The molecule has 0 saturated heterocycles. The highest BCUT2D eigenvalue weighted by Crippen LogP contribution is 2.12. The minimum Gasteiger partial charge on any atom is -0.196 e. The normalized spacial score (nSPS) is 9.14. The second kappa shape index (κ2) is 1.95. The van der Waals surface area contributed by atoms with Crippen LogP contribution < -0.4 is 0 Å². The Morgan fingerprint density at radius 3 is 1.71 bits per heavy atom. The second-order valence-corrected chi connectivity index (χ2v) is 2.81. The van der Waals surface area contributed by atoms with Crippen LogP contribution in [0.15, 0.2) is 0 Å². The number of rotatable bonds is 0. The molecule has 0 N–H and O–H groups in total. The van der Waals surface area contributed by atoms with Gasteiger partial charge in [0, 0.05) is 0 Å². The monoisotopic (exact) mass is 158 g/mol. The quantitative estimate of drug-likeness (QED) is 0.498. The fraction of sp³-hybridized carbons (Fsp3) is 0.500. The Morgan fingerprint density at radius 2 is 1.71 bits per heavy atom. The van der Waals surface area contributed by atoms with E-state index in [0.29, 0.717) is 0 Å². The van der Waals surface area contributed by atoms with E-state index in [0.717, 1.165) is 0 Å². The van der Waals surface area contributed by atoms with E-state index in [2.05, 4.69) is 15.9 Å². The third-order valence-corrected chi connectivity index (χ3v) is 0.775. The first-order valence-electron chi connectivity index (χ1n) is 1.64. The minimum absolute atomic E-state index is 0.993. The highest BCUT2D eigenvalue weighted by molar-refractivity contribution is 9.10. The van der Waals surface area contributed by atoms with Gasteiger partial charge in [0.2, 0.25) is 0 Å². The second-order valence-electron chi connectivity index (χ2n) is 1.23. The molecule has 3 heteroatoms. The SMILES string of the molecule is CC(Br)(C#N)C#N. The fourth-order valence-electron chi connectivity index (χ4n) is 0.0250. The van der Waals surface area contributed by atoms with Crippen LogP contribution in [-0.4, -0.2) is 4.32 Å². The maximum absolute atomic E-state index is 8.07. The van der Waals surface area contributed by atoms with Crippen LogP contribution in [0.2, 0.25) is 0 Å². The van der Waals surface area contributed by atoms with Crippen molar-refractivity contribution >= 4 is 15.9 Å². The van der Waals surface area contributed by atoms with Crippen LogP contribution in [0, 0.1) is 22.7 Å². The number of hydrogen-bond donors (Lipinski definition) is 0. The fourth-order valence-corrected chi connectivity index (χ4v) is 0.0250. The summed E-state index contributed by atoms with van der Waals surface area (Å²) in [6.45, 7) is 1.49. The molecule has 0 bridgehead atoms. The third-order valence-electron chi connectivity index (χ3n) is 0.420. The Hall–Kier alpha value is -0.540. The van der Waals surface area contributed by atoms with Gasteiger partial charge in [0.25, 0.3) is 0 Å². The molecule has 0 aromatic heterocycles. The molecular formula is C4H3BrN2. The van der Waals surface area contributed by atoms with Gasteiger partial charge in [0.05, 0.1) is 12.1 Å². The van der Waals surface area contributed by atoms with E-state index in [1.54, 1.807) is 12.1 Å². The van der Waals surface area contributed by atoms with Gasteiger partial charge in [-0.05, 0) is 6.92 Å². The number of hydrogen-bond acceptors (Lipinski definition) is 2. The maximum atomic E-state index is 8.07. The molecule has 0 aliphatic heterocycles. The predicted octanol–water partition coefficient (Wildman–Crippen LogP) is 1.19. The number of alkyl halides is 1. The van der Waals surface area contributed by atoms with Gasteiger partial charge in [-0.2, -0.15) is 10.5 Å². The van der Waals surface area contributed by atoms with Crippen LogP contribution in [-0.2, 0) is 0 Å². The highest BCUT2D eigenvalue weighted by Gasteiger charge is 2.15. The summed E-state index contributed by atoms with van der Waals surface area (Å²) in [6.07, 6.45) is 0. The van der Waals surface area contributed by atoms with Crippen LogP contribution in [0.3, 0.4) is 0 Å². The Bertz CT molecular complexity index is 121. The first kappa shape index (κ1) is 6.46. The summed E-state index contributed by atoms with van der Waals surface area (Å²) in [6, 6.07) is 3.49. The van der Waals surface area contributed by atoms with Crippen molar-refractivity contribution in [2.45, 2.75) is 11.2 Å². The summed E-state index contributed by atoms with van der Waals surface area (Å²) in [7, 11) is 0. The van der Waals surface area contributed by atoms with Crippen LogP contribution in [0.4, 0.5) is 0 Å². The number of nitriles is 2. The third kappa shape index (κ3) is 2.19. The first-order valence-corrected chi connectivity index (χ1v) is 2.43. The Kier molecular flexibility index (Phi) is 1.80. The molecule has 0 spiro atoms. The minimum atomic E-state index is -0.993. The molecule has 0 unspecified atom stereocenters. The summed E-state index contributed by atoms with van der Waals surface area (Å²) >= 11 is 2.86. The molecule has 0 amide bonds. The summed E-state index contributed by atoms with van der Waals surface area (Å²) in [5.41, 5.74) is 0. The van der Waals surface area contributed by atoms with Crippen molar-refractivity contribution in [3.63, 3.8) is 0 Å². The molecular weight excluding hydrogens is 156 g/mol. The molecule has 7 heavy (non-hydrogen) atoms. The van der Waals surface area contributed by atoms with Crippen LogP contribution in [0.1, 0.15) is 6.92 Å². The standard InChI is InChI=1S/C4H3BrN2/c1-4(5,2-6)3-7/h1H3. The Labute approximate surface area is 50.5 Å². The highest BCUT2D eigenvalue weighted by atomic mass is 79.9. The molecule has 0 aliphatic rings. The lowest BCUT2D eigenvalue weighted by atomic mass is 10.2. The van der Waals surface area contributed by atoms with Gasteiger partial charge in [0.15, 0.2) is 4.32 Å². The van der Waals surface area contributed by atoms with Gasteiger partial charge in [-0.3, -0.25) is 0 Å². The molecule has 36 valence electrons. The zero-order valence-electron chi connectivity index (χ0n) is 3.77. The Morgan fingerprint density at radius 1 is 1.43 bits per heavy atom. The molecule has 0 rings (SSSR count). The molecule has 2 nitrogen and oxygen atoms in total. The number of nitrogens with zero attached hydrogens (tertiary/aromatic N) is 2. The Balaban J connectivity index is 4.00. The van der Waals surface area contributed by atoms with Gasteiger partial charge >= 0.3 is 0 Å². The zero-order valence-corrected chi connectivity index (χ0v) is 5.36. The van der Waals surface area contributed by atoms with E-state index in [4.69, 9.17) is 10.5 Å². The molecule has 0 heterocycles. The predicted molar refractivity (Wildman–Crippen MR) is 28.6 cm³/mol. The van der Waals surface area contributed by atoms with E-state index >= 15 is 0 Å². The van der Waals surface area contributed by atoms with Gasteiger partial charge in [-0.1, -0.05) is 15.9 Å². The molecule has 0 atom stereocenters. The largest absolute Gasteiger partial charge is 0.196 e. The topological polar surface area (TPSA) is 47.6 Å². The number of halogens is 1.